The van der Waals surface area contributed by atoms with Gasteiger partial charge in [-0.1, -0.05) is 53.8 Å². The van der Waals surface area contributed by atoms with Crippen molar-refractivity contribution < 1.29 is 13.9 Å². The fourth-order valence-corrected chi connectivity index (χ4v) is 5.34. The van der Waals surface area contributed by atoms with Gasteiger partial charge in [0.05, 0.1) is 33.8 Å². The first-order chi connectivity index (χ1) is 16.2. The number of amides is 1. The topological polar surface area (TPSA) is 72.6 Å². The molecule has 5 aromatic rings. The van der Waals surface area contributed by atoms with Crippen LogP contribution in [0.25, 0.3) is 21.2 Å². The third-order valence-electron chi connectivity index (χ3n) is 5.76. The lowest BCUT2D eigenvalue weighted by atomic mass is 9.99. The number of carbonyl (C=O) groups is 1. The molecule has 0 spiro atoms. The Bertz CT molecular complexity index is 1590. The van der Waals surface area contributed by atoms with Crippen molar-refractivity contribution in [1.29, 1.82) is 0 Å². The van der Waals surface area contributed by atoms with Crippen LogP contribution < -0.4 is 15.1 Å². The molecule has 0 N–H and O–H groups in total. The number of hydrogen-bond acceptors (Lipinski definition) is 6. The first kappa shape index (κ1) is 19.7. The van der Waals surface area contributed by atoms with E-state index in [2.05, 4.69) is 0 Å². The third kappa shape index (κ3) is 3.04. The van der Waals surface area contributed by atoms with E-state index in [1.165, 1.54) is 11.3 Å². The highest BCUT2D eigenvalue weighted by Gasteiger charge is 2.44. The van der Waals surface area contributed by atoms with Gasteiger partial charge in [0, 0.05) is 0 Å². The van der Waals surface area contributed by atoms with Crippen molar-refractivity contribution in [3.8, 4) is 5.75 Å². The largest absolute Gasteiger partial charge is 0.494 e. The second-order valence-electron chi connectivity index (χ2n) is 7.72. The minimum atomic E-state index is -0.624. The van der Waals surface area contributed by atoms with E-state index >= 15 is 0 Å². The lowest BCUT2D eigenvalue weighted by molar-refractivity contribution is 0.0971. The molecule has 6 rings (SSSR count). The molecule has 3 aromatic carbocycles. The number of benzene rings is 3. The van der Waals surface area contributed by atoms with Crippen LogP contribution >= 0.6 is 11.3 Å². The lowest BCUT2D eigenvalue weighted by Crippen LogP contribution is -2.29. The molecular formula is C26H18N2O4S. The Hall–Kier alpha value is -3.97. The Morgan fingerprint density at radius 1 is 1.03 bits per heavy atom. The molecule has 0 saturated carbocycles. The summed E-state index contributed by atoms with van der Waals surface area (Å²) in [4.78, 5) is 33.5. The maximum absolute atomic E-state index is 13.7. The molecule has 2 aromatic heterocycles. The molecule has 0 unspecified atom stereocenters. The summed E-state index contributed by atoms with van der Waals surface area (Å²) in [7, 11) is 0. The van der Waals surface area contributed by atoms with E-state index < -0.39 is 6.04 Å². The molecule has 0 bridgehead atoms. The van der Waals surface area contributed by atoms with Crippen molar-refractivity contribution >= 4 is 43.6 Å². The molecule has 0 aliphatic carbocycles. The van der Waals surface area contributed by atoms with Crippen LogP contribution in [-0.4, -0.2) is 17.5 Å². The van der Waals surface area contributed by atoms with Crippen molar-refractivity contribution in [2.75, 3.05) is 11.5 Å². The average molecular weight is 455 g/mol. The van der Waals surface area contributed by atoms with Gasteiger partial charge in [0.2, 0.25) is 5.76 Å². The molecule has 1 atom stereocenters. The number of fused-ring (bicyclic) bond motifs is 3. The Balaban J connectivity index is 1.58. The number of rotatable bonds is 4. The molecule has 1 aliphatic rings. The van der Waals surface area contributed by atoms with Crippen LogP contribution in [-0.2, 0) is 0 Å². The van der Waals surface area contributed by atoms with Gasteiger partial charge in [0.25, 0.3) is 5.91 Å². The van der Waals surface area contributed by atoms with Crippen LogP contribution in [0.3, 0.4) is 0 Å². The molecule has 0 fully saturated rings. The zero-order chi connectivity index (χ0) is 22.5. The average Bonchev–Trinajstić information content (AvgIpc) is 3.38. The minimum absolute atomic E-state index is 0.0711. The van der Waals surface area contributed by atoms with Crippen LogP contribution in [0.1, 0.15) is 34.6 Å². The smallest absolute Gasteiger partial charge is 0.297 e. The van der Waals surface area contributed by atoms with Gasteiger partial charge in [0.15, 0.2) is 10.6 Å². The van der Waals surface area contributed by atoms with Gasteiger partial charge in [-0.15, -0.1) is 0 Å². The van der Waals surface area contributed by atoms with Crippen molar-refractivity contribution in [1.82, 2.24) is 4.98 Å². The van der Waals surface area contributed by atoms with E-state index in [-0.39, 0.29) is 17.1 Å². The maximum atomic E-state index is 13.7. The Morgan fingerprint density at radius 3 is 2.64 bits per heavy atom. The molecule has 1 amide bonds. The number of ether oxygens (including phenoxy) is 1. The monoisotopic (exact) mass is 454 g/mol. The molecule has 0 radical (unpaired) electrons. The van der Waals surface area contributed by atoms with E-state index in [1.54, 1.807) is 29.2 Å². The van der Waals surface area contributed by atoms with E-state index in [4.69, 9.17) is 14.1 Å². The van der Waals surface area contributed by atoms with Gasteiger partial charge in [0.1, 0.15) is 11.3 Å². The summed E-state index contributed by atoms with van der Waals surface area (Å²) in [5.41, 5.74) is 2.13. The number of nitrogens with zero attached hydrogens (tertiary/aromatic N) is 2. The zero-order valence-corrected chi connectivity index (χ0v) is 18.5. The van der Waals surface area contributed by atoms with Crippen molar-refractivity contribution in [3.05, 3.63) is 99.9 Å². The highest BCUT2D eigenvalue weighted by molar-refractivity contribution is 7.22. The summed E-state index contributed by atoms with van der Waals surface area (Å²) >= 11 is 1.39. The SMILES string of the molecule is CCOc1ccc2nc(N3C(=O)c4oc5ccccc5c(=O)c4[C@@H]3c3ccccc3)sc2c1. The summed E-state index contributed by atoms with van der Waals surface area (Å²) in [5, 5.41) is 0.963. The fraction of sp³-hybridized carbons (Fsp3) is 0.115. The molecule has 33 heavy (non-hydrogen) atoms. The minimum Gasteiger partial charge on any atom is -0.494 e. The summed E-state index contributed by atoms with van der Waals surface area (Å²) in [5.74, 6) is 0.451. The van der Waals surface area contributed by atoms with Crippen LogP contribution in [0.5, 0.6) is 5.75 Å². The number of aromatic nitrogens is 1. The van der Waals surface area contributed by atoms with Crippen molar-refractivity contribution in [3.63, 3.8) is 0 Å². The molecule has 7 heteroatoms. The molecule has 6 nitrogen and oxygen atoms in total. The van der Waals surface area contributed by atoms with Gasteiger partial charge in [-0.3, -0.25) is 14.5 Å². The van der Waals surface area contributed by atoms with Gasteiger partial charge in [-0.2, -0.15) is 0 Å². The van der Waals surface area contributed by atoms with Crippen molar-refractivity contribution in [2.24, 2.45) is 0 Å². The molecule has 3 heterocycles. The normalized spacial score (nSPS) is 15.4. The third-order valence-corrected chi connectivity index (χ3v) is 6.78. The zero-order valence-electron chi connectivity index (χ0n) is 17.6. The van der Waals surface area contributed by atoms with Gasteiger partial charge in [-0.05, 0) is 42.8 Å². The lowest BCUT2D eigenvalue weighted by Gasteiger charge is -2.22. The van der Waals surface area contributed by atoms with Crippen LogP contribution in [0, 0.1) is 0 Å². The Kier molecular flexibility index (Phi) is 4.52. The molecule has 0 saturated heterocycles. The van der Waals surface area contributed by atoms with E-state index in [9.17, 15) is 9.59 Å². The summed E-state index contributed by atoms with van der Waals surface area (Å²) < 4.78 is 12.5. The summed E-state index contributed by atoms with van der Waals surface area (Å²) in [6, 6.07) is 21.6. The number of hydrogen-bond donors (Lipinski definition) is 0. The Morgan fingerprint density at radius 2 is 1.82 bits per heavy atom. The van der Waals surface area contributed by atoms with Crippen molar-refractivity contribution in [2.45, 2.75) is 13.0 Å². The first-order valence-electron chi connectivity index (χ1n) is 10.6. The quantitative estimate of drug-likeness (QED) is 0.356. The van der Waals surface area contributed by atoms with E-state index in [1.807, 2.05) is 55.5 Å². The van der Waals surface area contributed by atoms with Crippen LogP contribution in [0.15, 0.2) is 82.0 Å². The number of anilines is 1. The highest BCUT2D eigenvalue weighted by atomic mass is 32.1. The van der Waals surface area contributed by atoms with Gasteiger partial charge in [-0.25, -0.2) is 4.98 Å². The second-order valence-corrected chi connectivity index (χ2v) is 8.73. The van der Waals surface area contributed by atoms with Crippen LogP contribution in [0.2, 0.25) is 0 Å². The maximum Gasteiger partial charge on any atom is 0.297 e. The molecular weight excluding hydrogens is 436 g/mol. The summed E-state index contributed by atoms with van der Waals surface area (Å²) in [6.45, 7) is 2.50. The standard InChI is InChI=1S/C26H18N2O4S/c1-2-31-16-12-13-18-20(14-16)33-26(27-18)28-22(15-8-4-3-5-9-15)21-23(29)17-10-6-7-11-19(17)32-24(21)25(28)30/h3-14,22H,2H2,1H3/t22-/m0/s1. The number of carbonyl (C=O) groups excluding carboxylic acids is 1. The van der Waals surface area contributed by atoms with Crippen LogP contribution in [0.4, 0.5) is 5.13 Å². The molecule has 1 aliphatic heterocycles. The predicted octanol–water partition coefficient (Wildman–Crippen LogP) is 5.55. The number of thiazole rings is 1. The van der Waals surface area contributed by atoms with Gasteiger partial charge < -0.3 is 9.15 Å². The van der Waals surface area contributed by atoms with Gasteiger partial charge >= 0.3 is 0 Å². The van der Waals surface area contributed by atoms with E-state index in [0.717, 1.165) is 21.5 Å². The Labute approximate surface area is 192 Å². The van der Waals surface area contributed by atoms with E-state index in [0.29, 0.717) is 28.3 Å². The highest BCUT2D eigenvalue weighted by Crippen LogP contribution is 2.43. The predicted molar refractivity (Wildman–Crippen MR) is 128 cm³/mol. The second kappa shape index (κ2) is 7.56. The first-order valence-corrected chi connectivity index (χ1v) is 11.4. The fourth-order valence-electron chi connectivity index (χ4n) is 4.32. The summed E-state index contributed by atoms with van der Waals surface area (Å²) in [6.07, 6.45) is 0. The molecule has 162 valence electrons. The number of para-hydroxylation sites is 1.